The molecule has 0 radical (unpaired) electrons. The van der Waals surface area contributed by atoms with E-state index in [1.807, 2.05) is 0 Å². The maximum absolute atomic E-state index is 5.29. The van der Waals surface area contributed by atoms with Gasteiger partial charge in [0.2, 0.25) is 0 Å². The smallest absolute Gasteiger partial charge is 0.160 e. The Bertz CT molecular complexity index is 2940. The van der Waals surface area contributed by atoms with Crippen LogP contribution in [-0.4, -0.2) is 21.5 Å². The molecule has 0 aliphatic carbocycles. The van der Waals surface area contributed by atoms with Crippen molar-refractivity contribution >= 4 is 49.4 Å². The van der Waals surface area contributed by atoms with Crippen LogP contribution in [0.5, 0.6) is 0 Å². The van der Waals surface area contributed by atoms with Crippen molar-refractivity contribution in [1.29, 1.82) is 0 Å². The van der Waals surface area contributed by atoms with E-state index in [2.05, 4.69) is 212 Å². The first-order valence-electron chi connectivity index (χ1n) is 19.3. The fourth-order valence-electron chi connectivity index (χ4n) is 8.62. The van der Waals surface area contributed by atoms with E-state index in [1.165, 1.54) is 43.7 Å². The largest absolute Gasteiger partial charge is 0.350 e. The van der Waals surface area contributed by atoms with Gasteiger partial charge in [-0.15, -0.1) is 0 Å². The summed E-state index contributed by atoms with van der Waals surface area (Å²) >= 11 is 0. The maximum atomic E-state index is 5.29. The van der Waals surface area contributed by atoms with E-state index >= 15 is 0 Å². The van der Waals surface area contributed by atoms with Crippen LogP contribution >= 0.6 is 0 Å². The third-order valence-corrected chi connectivity index (χ3v) is 11.3. The van der Waals surface area contributed by atoms with Crippen molar-refractivity contribution in [2.75, 3.05) is 6.54 Å². The number of amidine groups is 1. The highest BCUT2D eigenvalue weighted by molar-refractivity contribution is 6.18. The molecular weight excluding hydrogens is 687 g/mol. The summed E-state index contributed by atoms with van der Waals surface area (Å²) < 4.78 is 4.81. The van der Waals surface area contributed by atoms with Gasteiger partial charge in [-0.25, -0.2) is 4.99 Å². The molecule has 0 saturated carbocycles. The molecule has 3 unspecified atom stereocenters. The Morgan fingerprint density at radius 1 is 0.500 bits per heavy atom. The molecular formula is C49H39N7. The lowest BCUT2D eigenvalue weighted by molar-refractivity contribution is 0.370. The number of rotatable bonds is 6. The number of aromatic nitrogens is 2. The van der Waals surface area contributed by atoms with Crippen LogP contribution in [-0.2, 0) is 0 Å². The number of para-hydroxylation sites is 3. The number of nitrogens with zero attached hydrogens (tertiary/aromatic N) is 3. The fraction of sp³-hybridized carbons (Fsp3) is 0.0816. The molecule has 3 atom stereocenters. The molecule has 2 aliphatic heterocycles. The average molecular weight is 726 g/mol. The Morgan fingerprint density at radius 2 is 1.12 bits per heavy atom. The van der Waals surface area contributed by atoms with Gasteiger partial charge in [-0.05, 0) is 64.7 Å². The molecule has 7 heteroatoms. The average Bonchev–Trinajstić information content (AvgIpc) is 3.78. The highest BCUT2D eigenvalue weighted by atomic mass is 15.4. The molecule has 0 fully saturated rings. The van der Waals surface area contributed by atoms with E-state index in [0.29, 0.717) is 6.54 Å². The Kier molecular flexibility index (Phi) is 7.79. The van der Waals surface area contributed by atoms with Crippen LogP contribution in [0.15, 0.2) is 193 Å². The molecule has 2 aromatic heterocycles. The monoisotopic (exact) mass is 725 g/mol. The molecule has 0 bridgehead atoms. The van der Waals surface area contributed by atoms with Crippen LogP contribution in [0.4, 0.5) is 0 Å². The van der Waals surface area contributed by atoms with Gasteiger partial charge < -0.3 is 19.8 Å². The summed E-state index contributed by atoms with van der Waals surface area (Å²) in [6.45, 7) is 0.675. The molecule has 4 heterocycles. The van der Waals surface area contributed by atoms with Gasteiger partial charge in [0.05, 0.1) is 27.8 Å². The molecule has 9 aromatic rings. The van der Waals surface area contributed by atoms with E-state index in [4.69, 9.17) is 4.99 Å². The number of hydrogen-bond donors (Lipinski definition) is 4. The first-order valence-corrected chi connectivity index (χ1v) is 19.3. The van der Waals surface area contributed by atoms with Crippen LogP contribution < -0.4 is 21.3 Å². The maximum Gasteiger partial charge on any atom is 0.160 e. The number of benzene rings is 7. The van der Waals surface area contributed by atoms with Gasteiger partial charge in [-0.3, -0.25) is 10.6 Å². The lowest BCUT2D eigenvalue weighted by Crippen LogP contribution is -2.50. The molecule has 11 rings (SSSR count). The van der Waals surface area contributed by atoms with Crippen LogP contribution in [0.25, 0.3) is 60.4 Å². The third kappa shape index (κ3) is 5.48. The van der Waals surface area contributed by atoms with Crippen molar-refractivity contribution < 1.29 is 0 Å². The Labute approximate surface area is 324 Å². The quantitative estimate of drug-likeness (QED) is 0.138. The molecule has 270 valence electrons. The van der Waals surface area contributed by atoms with Gasteiger partial charge >= 0.3 is 0 Å². The minimum Gasteiger partial charge on any atom is -0.350 e. The van der Waals surface area contributed by atoms with Gasteiger partial charge in [-0.2, -0.15) is 0 Å². The van der Waals surface area contributed by atoms with Crippen molar-refractivity contribution in [3.05, 3.63) is 199 Å². The van der Waals surface area contributed by atoms with Gasteiger partial charge in [0.25, 0.3) is 0 Å². The molecule has 7 nitrogen and oxygen atoms in total. The number of nitrogens with one attached hydrogen (secondary N) is 4. The second-order valence-corrected chi connectivity index (χ2v) is 14.6. The SMILES string of the molecule is C1=C(C2=NC(c3ccccc3)NC(c3ccc(-c4ccccc4)cc3)N2)NC(n2c3ccccc3c3cc4c5ccccc5n(-c5ccccc5)c4cc32)NC1. The van der Waals surface area contributed by atoms with E-state index in [1.54, 1.807) is 0 Å². The molecule has 0 spiro atoms. The second-order valence-electron chi connectivity index (χ2n) is 14.6. The summed E-state index contributed by atoms with van der Waals surface area (Å²) in [5, 5.41) is 20.1. The van der Waals surface area contributed by atoms with Crippen molar-refractivity contribution in [2.24, 2.45) is 4.99 Å². The molecule has 2 aliphatic rings. The number of hydrogen-bond acceptors (Lipinski definition) is 5. The van der Waals surface area contributed by atoms with Gasteiger partial charge in [0.1, 0.15) is 18.2 Å². The van der Waals surface area contributed by atoms with Crippen molar-refractivity contribution in [3.8, 4) is 16.8 Å². The summed E-state index contributed by atoms with van der Waals surface area (Å²) in [4.78, 5) is 5.29. The summed E-state index contributed by atoms with van der Waals surface area (Å²) in [6.07, 6.45) is 1.58. The molecule has 7 aromatic carbocycles. The summed E-state index contributed by atoms with van der Waals surface area (Å²) in [5.41, 5.74) is 11.5. The predicted molar refractivity (Wildman–Crippen MR) is 230 cm³/mol. The van der Waals surface area contributed by atoms with Crippen molar-refractivity contribution in [2.45, 2.75) is 18.6 Å². The van der Waals surface area contributed by atoms with Gasteiger partial charge in [-0.1, -0.05) is 140 Å². The Hall–Kier alpha value is -6.93. The van der Waals surface area contributed by atoms with Crippen LogP contribution in [0, 0.1) is 0 Å². The topological polar surface area (TPSA) is 70.3 Å². The summed E-state index contributed by atoms with van der Waals surface area (Å²) in [7, 11) is 0. The third-order valence-electron chi connectivity index (χ3n) is 11.3. The zero-order chi connectivity index (χ0) is 37.0. The minimum atomic E-state index is -0.234. The zero-order valence-corrected chi connectivity index (χ0v) is 30.6. The van der Waals surface area contributed by atoms with E-state index in [-0.39, 0.29) is 18.6 Å². The predicted octanol–water partition coefficient (Wildman–Crippen LogP) is 10.1. The highest BCUT2D eigenvalue weighted by Gasteiger charge is 2.30. The van der Waals surface area contributed by atoms with Crippen LogP contribution in [0.1, 0.15) is 29.7 Å². The lowest BCUT2D eigenvalue weighted by Gasteiger charge is -2.36. The first kappa shape index (κ1) is 32.5. The van der Waals surface area contributed by atoms with E-state index in [9.17, 15) is 0 Å². The van der Waals surface area contributed by atoms with Crippen LogP contribution in [0.2, 0.25) is 0 Å². The normalized spacial score (nSPS) is 18.5. The minimum absolute atomic E-state index is 0.157. The highest BCUT2D eigenvalue weighted by Crippen LogP contribution is 2.39. The van der Waals surface area contributed by atoms with Crippen molar-refractivity contribution in [1.82, 2.24) is 30.4 Å². The molecule has 0 saturated heterocycles. The van der Waals surface area contributed by atoms with Gasteiger partial charge in [0.15, 0.2) is 6.29 Å². The standard InChI is InChI=1S/C49H39N7/c1-4-14-32(15-5-1)33-24-26-35(27-25-33)47-52-46(34-16-6-2-7-17-34)53-48(54-47)41-28-29-50-49(51-41)56-43-23-13-11-21-38(43)40-30-39-37-20-10-12-22-42(37)55(44(39)31-45(40)56)36-18-8-3-9-19-36/h1-28,30-31,46-47,49-52H,29H2,(H,53,54). The summed E-state index contributed by atoms with van der Waals surface area (Å²) in [5.74, 6) is 0.827. The molecule has 4 N–H and O–H groups in total. The Balaban J connectivity index is 1.000. The molecule has 0 amide bonds. The number of aliphatic imine (C=N–C) groups is 1. The number of fused-ring (bicyclic) bond motifs is 6. The lowest BCUT2D eigenvalue weighted by atomic mass is 10.0. The molecule has 56 heavy (non-hydrogen) atoms. The van der Waals surface area contributed by atoms with Gasteiger partial charge in [0, 0.05) is 33.8 Å². The summed E-state index contributed by atoms with van der Waals surface area (Å²) in [6, 6.07) is 62.7. The van der Waals surface area contributed by atoms with E-state index < -0.39 is 0 Å². The fourth-order valence-corrected chi connectivity index (χ4v) is 8.62. The Morgan fingerprint density at radius 3 is 1.89 bits per heavy atom. The van der Waals surface area contributed by atoms with Crippen LogP contribution in [0.3, 0.4) is 0 Å². The van der Waals surface area contributed by atoms with Crippen molar-refractivity contribution in [3.63, 3.8) is 0 Å². The van der Waals surface area contributed by atoms with E-state index in [0.717, 1.165) is 39.4 Å². The zero-order valence-electron chi connectivity index (χ0n) is 30.6. The second kappa shape index (κ2) is 13.4. The first-order chi connectivity index (χ1) is 27.8.